The van der Waals surface area contributed by atoms with Crippen molar-refractivity contribution < 1.29 is 22.7 Å². The molecule has 0 radical (unpaired) electrons. The lowest BCUT2D eigenvalue weighted by Crippen LogP contribution is -2.33. The molecule has 0 aliphatic carbocycles. The Bertz CT molecular complexity index is 1110. The lowest BCUT2D eigenvalue weighted by Gasteiger charge is -2.26. The van der Waals surface area contributed by atoms with Crippen LogP contribution in [0, 0.1) is 0 Å². The molecule has 1 aliphatic rings. The quantitative estimate of drug-likeness (QED) is 0.520. The lowest BCUT2D eigenvalue weighted by atomic mass is 10.1. The summed E-state index contributed by atoms with van der Waals surface area (Å²) in [5.74, 6) is -0.589. The first-order chi connectivity index (χ1) is 15.3. The van der Waals surface area contributed by atoms with Crippen molar-refractivity contribution >= 4 is 11.6 Å². The third-order valence-electron chi connectivity index (χ3n) is 5.19. The van der Waals surface area contributed by atoms with Crippen LogP contribution in [-0.4, -0.2) is 12.3 Å². The smallest absolute Gasteiger partial charge is 0.406 e. The van der Waals surface area contributed by atoms with Crippen LogP contribution >= 0.6 is 0 Å². The number of hydrogen-bond donors (Lipinski definition) is 1. The zero-order chi connectivity index (χ0) is 22.7. The summed E-state index contributed by atoms with van der Waals surface area (Å²) in [6.07, 6.45) is -3.06. The van der Waals surface area contributed by atoms with Crippen LogP contribution in [0.4, 0.5) is 18.9 Å². The van der Waals surface area contributed by atoms with Gasteiger partial charge in [-0.2, -0.15) is 0 Å². The number of nitrogens with zero attached hydrogens (tertiary/aromatic N) is 1. The highest BCUT2D eigenvalue weighted by Crippen LogP contribution is 2.37. The van der Waals surface area contributed by atoms with E-state index in [1.807, 2.05) is 43.3 Å². The largest absolute Gasteiger partial charge is 0.573 e. The highest BCUT2D eigenvalue weighted by atomic mass is 19.4. The minimum Gasteiger partial charge on any atom is -0.406 e. The van der Waals surface area contributed by atoms with Gasteiger partial charge in [0.25, 0.3) is 5.91 Å². The Morgan fingerprint density at radius 2 is 1.59 bits per heavy atom. The van der Waals surface area contributed by atoms with Crippen LogP contribution in [0.15, 0.2) is 96.7 Å². The average Bonchev–Trinajstić information content (AvgIpc) is 3.10. The zero-order valence-corrected chi connectivity index (χ0v) is 17.2. The molecule has 0 saturated carbocycles. The first-order valence-corrected chi connectivity index (χ1v) is 10.1. The molecule has 1 heterocycles. The summed E-state index contributed by atoms with van der Waals surface area (Å²) in [4.78, 5) is 14.9. The maximum atomic E-state index is 13.4. The molecule has 0 aromatic heterocycles. The van der Waals surface area contributed by atoms with Crippen LogP contribution in [0.5, 0.6) is 5.75 Å². The van der Waals surface area contributed by atoms with Gasteiger partial charge in [-0.25, -0.2) is 0 Å². The van der Waals surface area contributed by atoms with Gasteiger partial charge in [-0.3, -0.25) is 9.69 Å². The van der Waals surface area contributed by atoms with Crippen molar-refractivity contribution in [3.8, 4) is 5.75 Å². The Labute approximate surface area is 183 Å². The maximum absolute atomic E-state index is 13.4. The predicted octanol–water partition coefficient (Wildman–Crippen LogP) is 5.91. The summed E-state index contributed by atoms with van der Waals surface area (Å²) in [6, 6.07) is 23.7. The molecule has 1 aliphatic heterocycles. The summed E-state index contributed by atoms with van der Waals surface area (Å²) in [6.45, 7) is 1.95. The van der Waals surface area contributed by atoms with E-state index in [1.54, 1.807) is 41.3 Å². The van der Waals surface area contributed by atoms with E-state index in [9.17, 15) is 18.0 Å². The third-order valence-corrected chi connectivity index (χ3v) is 5.19. The number of para-hydroxylation sites is 1. The van der Waals surface area contributed by atoms with Crippen molar-refractivity contribution in [3.05, 3.63) is 108 Å². The van der Waals surface area contributed by atoms with Crippen LogP contribution in [0.25, 0.3) is 0 Å². The van der Waals surface area contributed by atoms with Crippen molar-refractivity contribution in [3.63, 3.8) is 0 Å². The molecule has 164 valence electrons. The van der Waals surface area contributed by atoms with Crippen molar-refractivity contribution in [1.82, 2.24) is 5.32 Å². The molecule has 0 spiro atoms. The fraction of sp³-hybridized carbons (Fsp3) is 0.160. The number of halogens is 3. The van der Waals surface area contributed by atoms with E-state index in [-0.39, 0.29) is 17.7 Å². The van der Waals surface area contributed by atoms with Crippen molar-refractivity contribution in [2.45, 2.75) is 25.4 Å². The fourth-order valence-electron chi connectivity index (χ4n) is 3.74. The Hall–Kier alpha value is -3.74. The number of benzene rings is 3. The summed E-state index contributed by atoms with van der Waals surface area (Å²) in [5, 5.41) is 3.26. The minimum atomic E-state index is -4.79. The molecule has 3 aromatic carbocycles. The number of anilines is 1. The summed E-state index contributed by atoms with van der Waals surface area (Å²) < 4.78 is 42.2. The molecule has 0 bridgehead atoms. The topological polar surface area (TPSA) is 41.6 Å². The Morgan fingerprint density at radius 3 is 2.25 bits per heavy atom. The summed E-state index contributed by atoms with van der Waals surface area (Å²) in [7, 11) is 0. The van der Waals surface area contributed by atoms with Crippen LogP contribution in [0.2, 0.25) is 0 Å². The Morgan fingerprint density at radius 1 is 0.938 bits per heavy atom. The molecule has 0 fully saturated rings. The fourth-order valence-corrected chi connectivity index (χ4v) is 3.74. The van der Waals surface area contributed by atoms with Crippen molar-refractivity contribution in [2.24, 2.45) is 0 Å². The SMILES string of the molecule is C[C@@H](NC1=CC(c2cccc(OC(F)(F)F)c2)N(c2ccccc2)C1=O)c1ccccc1. The van der Waals surface area contributed by atoms with E-state index >= 15 is 0 Å². The van der Waals surface area contributed by atoms with Gasteiger partial charge in [-0.1, -0.05) is 60.7 Å². The molecule has 0 saturated heterocycles. The molecular weight excluding hydrogens is 417 g/mol. The molecule has 7 heteroatoms. The number of nitrogens with one attached hydrogen (secondary N) is 1. The lowest BCUT2D eigenvalue weighted by molar-refractivity contribution is -0.274. The van der Waals surface area contributed by atoms with Crippen LogP contribution in [0.1, 0.15) is 30.1 Å². The minimum absolute atomic E-state index is 0.136. The van der Waals surface area contributed by atoms with Crippen LogP contribution < -0.4 is 15.0 Å². The third kappa shape index (κ3) is 4.77. The number of amides is 1. The second-order valence-corrected chi connectivity index (χ2v) is 7.43. The van der Waals surface area contributed by atoms with E-state index in [4.69, 9.17) is 0 Å². The number of ether oxygens (including phenoxy) is 1. The number of rotatable bonds is 6. The average molecular weight is 438 g/mol. The van der Waals surface area contributed by atoms with E-state index in [0.717, 1.165) is 5.56 Å². The second kappa shape index (κ2) is 8.78. The molecule has 2 atom stereocenters. The molecule has 1 N–H and O–H groups in total. The number of hydrogen-bond acceptors (Lipinski definition) is 3. The van der Waals surface area contributed by atoms with Gasteiger partial charge in [0.05, 0.1) is 11.7 Å². The van der Waals surface area contributed by atoms with Crippen molar-refractivity contribution in [1.29, 1.82) is 0 Å². The predicted molar refractivity (Wildman–Crippen MR) is 116 cm³/mol. The first-order valence-electron chi connectivity index (χ1n) is 10.1. The second-order valence-electron chi connectivity index (χ2n) is 7.43. The molecule has 1 unspecified atom stereocenters. The highest BCUT2D eigenvalue weighted by molar-refractivity contribution is 6.08. The highest BCUT2D eigenvalue weighted by Gasteiger charge is 2.36. The van der Waals surface area contributed by atoms with Gasteiger partial charge in [-0.15, -0.1) is 13.2 Å². The molecule has 4 rings (SSSR count). The molecule has 4 nitrogen and oxygen atoms in total. The van der Waals surface area contributed by atoms with Crippen LogP contribution in [0.3, 0.4) is 0 Å². The number of carbonyl (C=O) groups excluding carboxylic acids is 1. The molecule has 32 heavy (non-hydrogen) atoms. The van der Waals surface area contributed by atoms with Crippen molar-refractivity contribution in [2.75, 3.05) is 4.90 Å². The normalized spacial score (nSPS) is 17.1. The maximum Gasteiger partial charge on any atom is 0.573 e. The first kappa shape index (κ1) is 21.5. The Kier molecular flexibility index (Phi) is 5.90. The number of carbonyl (C=O) groups is 1. The van der Waals surface area contributed by atoms with Gasteiger partial charge < -0.3 is 10.1 Å². The van der Waals surface area contributed by atoms with Gasteiger partial charge in [0.2, 0.25) is 0 Å². The van der Waals surface area contributed by atoms with Crippen LogP contribution in [-0.2, 0) is 4.79 Å². The summed E-state index contributed by atoms with van der Waals surface area (Å²) >= 11 is 0. The van der Waals surface area contributed by atoms with Gasteiger partial charge in [0.1, 0.15) is 5.75 Å². The monoisotopic (exact) mass is 438 g/mol. The standard InChI is InChI=1S/C25H21F3N2O2/c1-17(18-9-4-2-5-10-18)29-22-16-23(30(24(22)31)20-12-6-3-7-13-20)19-11-8-14-21(15-19)32-25(26,27)28/h2-17,23,29H,1H3/t17-,23?/m1/s1. The molecular formula is C25H21F3N2O2. The van der Waals surface area contributed by atoms with Gasteiger partial charge in [-0.05, 0) is 48.4 Å². The van der Waals surface area contributed by atoms with E-state index in [1.165, 1.54) is 18.2 Å². The van der Waals surface area contributed by atoms with Gasteiger partial charge in [0.15, 0.2) is 0 Å². The van der Waals surface area contributed by atoms with E-state index < -0.39 is 12.4 Å². The molecule has 1 amide bonds. The Balaban J connectivity index is 1.69. The van der Waals surface area contributed by atoms with E-state index in [2.05, 4.69) is 10.1 Å². The zero-order valence-electron chi connectivity index (χ0n) is 17.2. The number of alkyl halides is 3. The molecule has 3 aromatic rings. The van der Waals surface area contributed by atoms with Gasteiger partial charge >= 0.3 is 6.36 Å². The van der Waals surface area contributed by atoms with E-state index in [0.29, 0.717) is 16.9 Å². The summed E-state index contributed by atoms with van der Waals surface area (Å²) in [5.41, 5.74) is 2.55. The van der Waals surface area contributed by atoms with Gasteiger partial charge in [0, 0.05) is 11.7 Å².